The molecule has 96 valence electrons. The lowest BCUT2D eigenvalue weighted by Gasteiger charge is -2.38. The first kappa shape index (κ1) is 12.6. The molecule has 2 heterocycles. The standard InChI is InChI=1S/C13H24N4/c1-3-5-13-11-16(12(2)10-14-13)8-9-17-7-4-6-15-17/h4,6-7,12-14H,3,5,8-11H2,1-2H3. The van der Waals surface area contributed by atoms with Crippen LogP contribution in [0.2, 0.25) is 0 Å². The van der Waals surface area contributed by atoms with E-state index in [2.05, 4.69) is 29.2 Å². The van der Waals surface area contributed by atoms with Crippen LogP contribution in [0.25, 0.3) is 0 Å². The van der Waals surface area contributed by atoms with Crippen LogP contribution in [0.4, 0.5) is 0 Å². The van der Waals surface area contributed by atoms with Crippen molar-refractivity contribution in [3.8, 4) is 0 Å². The van der Waals surface area contributed by atoms with E-state index in [4.69, 9.17) is 0 Å². The summed E-state index contributed by atoms with van der Waals surface area (Å²) in [6.07, 6.45) is 6.43. The predicted octanol–water partition coefficient (Wildman–Crippen LogP) is 1.35. The van der Waals surface area contributed by atoms with Gasteiger partial charge in [0.15, 0.2) is 0 Å². The monoisotopic (exact) mass is 236 g/mol. The lowest BCUT2D eigenvalue weighted by molar-refractivity contribution is 0.131. The molecule has 2 atom stereocenters. The molecule has 0 amide bonds. The number of hydrogen-bond donors (Lipinski definition) is 1. The third kappa shape index (κ3) is 3.54. The first-order valence-corrected chi connectivity index (χ1v) is 6.74. The highest BCUT2D eigenvalue weighted by atomic mass is 15.3. The van der Waals surface area contributed by atoms with E-state index < -0.39 is 0 Å². The molecule has 1 aliphatic heterocycles. The summed E-state index contributed by atoms with van der Waals surface area (Å²) in [7, 11) is 0. The van der Waals surface area contributed by atoms with Crippen molar-refractivity contribution < 1.29 is 0 Å². The normalized spacial score (nSPS) is 26.2. The molecule has 1 aromatic rings. The fourth-order valence-corrected chi connectivity index (χ4v) is 2.51. The Labute approximate surface area is 104 Å². The van der Waals surface area contributed by atoms with Crippen LogP contribution in [0, 0.1) is 0 Å². The Morgan fingerprint density at radius 2 is 2.29 bits per heavy atom. The van der Waals surface area contributed by atoms with Gasteiger partial charge in [0.05, 0.1) is 6.54 Å². The highest BCUT2D eigenvalue weighted by Crippen LogP contribution is 2.10. The lowest BCUT2D eigenvalue weighted by Crippen LogP contribution is -2.55. The summed E-state index contributed by atoms with van der Waals surface area (Å²) in [6, 6.07) is 3.30. The van der Waals surface area contributed by atoms with Gasteiger partial charge in [-0.25, -0.2) is 0 Å². The topological polar surface area (TPSA) is 33.1 Å². The van der Waals surface area contributed by atoms with Crippen molar-refractivity contribution in [3.63, 3.8) is 0 Å². The van der Waals surface area contributed by atoms with Crippen LogP contribution in [0.15, 0.2) is 18.5 Å². The first-order chi connectivity index (χ1) is 8.29. The molecule has 1 saturated heterocycles. The van der Waals surface area contributed by atoms with E-state index in [1.807, 2.05) is 23.1 Å². The Balaban J connectivity index is 1.81. The van der Waals surface area contributed by atoms with E-state index in [1.165, 1.54) is 19.4 Å². The second-order valence-electron chi connectivity index (χ2n) is 5.01. The molecule has 1 N–H and O–H groups in total. The van der Waals surface area contributed by atoms with Gasteiger partial charge in [0.1, 0.15) is 0 Å². The zero-order chi connectivity index (χ0) is 12.1. The highest BCUT2D eigenvalue weighted by molar-refractivity contribution is 4.84. The second kappa shape index (κ2) is 6.17. The molecular formula is C13H24N4. The molecule has 0 aromatic carbocycles. The minimum atomic E-state index is 0.638. The Hall–Kier alpha value is -0.870. The van der Waals surface area contributed by atoms with Crippen LogP contribution in [-0.4, -0.2) is 46.4 Å². The predicted molar refractivity (Wildman–Crippen MR) is 70.0 cm³/mol. The number of hydrogen-bond acceptors (Lipinski definition) is 3. The van der Waals surface area contributed by atoms with Crippen LogP contribution in [0.1, 0.15) is 26.7 Å². The Kier molecular flexibility index (Phi) is 4.57. The van der Waals surface area contributed by atoms with Crippen LogP contribution in [0.5, 0.6) is 0 Å². The summed E-state index contributed by atoms with van der Waals surface area (Å²) in [5, 5.41) is 7.88. The van der Waals surface area contributed by atoms with Crippen LogP contribution >= 0.6 is 0 Å². The first-order valence-electron chi connectivity index (χ1n) is 6.74. The van der Waals surface area contributed by atoms with Crippen molar-refractivity contribution in [2.75, 3.05) is 19.6 Å². The van der Waals surface area contributed by atoms with Crippen LogP contribution < -0.4 is 5.32 Å². The summed E-state index contributed by atoms with van der Waals surface area (Å²) in [5.74, 6) is 0. The maximum Gasteiger partial charge on any atom is 0.0536 e. The molecule has 1 aromatic heterocycles. The van der Waals surface area contributed by atoms with Crippen molar-refractivity contribution in [2.45, 2.75) is 45.3 Å². The summed E-state index contributed by atoms with van der Waals surface area (Å²) in [5.41, 5.74) is 0. The molecule has 2 rings (SSSR count). The molecule has 0 aliphatic carbocycles. The van der Waals surface area contributed by atoms with Crippen molar-refractivity contribution in [2.24, 2.45) is 0 Å². The molecule has 4 heteroatoms. The van der Waals surface area contributed by atoms with Crippen molar-refractivity contribution in [1.29, 1.82) is 0 Å². The fraction of sp³-hybridized carbons (Fsp3) is 0.769. The largest absolute Gasteiger partial charge is 0.311 e. The summed E-state index contributed by atoms with van der Waals surface area (Å²) in [6.45, 7) is 8.95. The summed E-state index contributed by atoms with van der Waals surface area (Å²) in [4.78, 5) is 2.58. The number of aromatic nitrogens is 2. The smallest absolute Gasteiger partial charge is 0.0536 e. The minimum absolute atomic E-state index is 0.638. The maximum absolute atomic E-state index is 4.26. The van der Waals surface area contributed by atoms with Crippen LogP contribution in [0.3, 0.4) is 0 Å². The van der Waals surface area contributed by atoms with Crippen molar-refractivity contribution in [1.82, 2.24) is 20.0 Å². The van der Waals surface area contributed by atoms with E-state index >= 15 is 0 Å². The Bertz CT molecular complexity index is 309. The minimum Gasteiger partial charge on any atom is -0.311 e. The van der Waals surface area contributed by atoms with Gasteiger partial charge in [0, 0.05) is 44.1 Å². The third-order valence-electron chi connectivity index (χ3n) is 3.59. The average Bonchev–Trinajstić information content (AvgIpc) is 2.83. The summed E-state index contributed by atoms with van der Waals surface area (Å²) >= 11 is 0. The van der Waals surface area contributed by atoms with E-state index in [0.29, 0.717) is 12.1 Å². The molecule has 0 bridgehead atoms. The molecule has 4 nitrogen and oxygen atoms in total. The molecule has 1 fully saturated rings. The third-order valence-corrected chi connectivity index (χ3v) is 3.59. The molecule has 0 spiro atoms. The Morgan fingerprint density at radius 1 is 1.41 bits per heavy atom. The van der Waals surface area contributed by atoms with Gasteiger partial charge in [-0.2, -0.15) is 5.10 Å². The van der Waals surface area contributed by atoms with Gasteiger partial charge >= 0.3 is 0 Å². The van der Waals surface area contributed by atoms with Gasteiger partial charge in [0.25, 0.3) is 0 Å². The van der Waals surface area contributed by atoms with Gasteiger partial charge in [-0.05, 0) is 19.4 Å². The quantitative estimate of drug-likeness (QED) is 0.837. The number of nitrogens with one attached hydrogen (secondary N) is 1. The molecule has 17 heavy (non-hydrogen) atoms. The maximum atomic E-state index is 4.26. The zero-order valence-corrected chi connectivity index (χ0v) is 11.0. The highest BCUT2D eigenvalue weighted by Gasteiger charge is 2.23. The molecule has 2 unspecified atom stereocenters. The van der Waals surface area contributed by atoms with E-state index in [0.717, 1.165) is 19.6 Å². The zero-order valence-electron chi connectivity index (χ0n) is 11.0. The number of rotatable bonds is 5. The van der Waals surface area contributed by atoms with Gasteiger partial charge < -0.3 is 5.32 Å². The Morgan fingerprint density at radius 3 is 3.00 bits per heavy atom. The second-order valence-corrected chi connectivity index (χ2v) is 5.01. The van der Waals surface area contributed by atoms with Gasteiger partial charge in [-0.3, -0.25) is 9.58 Å². The average molecular weight is 236 g/mol. The van der Waals surface area contributed by atoms with E-state index in [1.54, 1.807) is 0 Å². The van der Waals surface area contributed by atoms with Crippen LogP contribution in [-0.2, 0) is 6.54 Å². The van der Waals surface area contributed by atoms with Gasteiger partial charge in [0.2, 0.25) is 0 Å². The van der Waals surface area contributed by atoms with Gasteiger partial charge in [-0.15, -0.1) is 0 Å². The molecular weight excluding hydrogens is 212 g/mol. The van der Waals surface area contributed by atoms with E-state index in [-0.39, 0.29) is 0 Å². The van der Waals surface area contributed by atoms with Crippen molar-refractivity contribution >= 4 is 0 Å². The lowest BCUT2D eigenvalue weighted by atomic mass is 10.1. The molecule has 0 radical (unpaired) electrons. The SMILES string of the molecule is CCCC1CN(CCn2cccn2)C(C)CN1. The van der Waals surface area contributed by atoms with Gasteiger partial charge in [-0.1, -0.05) is 13.3 Å². The fourth-order valence-electron chi connectivity index (χ4n) is 2.51. The van der Waals surface area contributed by atoms with E-state index in [9.17, 15) is 0 Å². The molecule has 1 aliphatic rings. The van der Waals surface area contributed by atoms with Crippen molar-refractivity contribution in [3.05, 3.63) is 18.5 Å². The number of nitrogens with zero attached hydrogens (tertiary/aromatic N) is 3. The number of piperazine rings is 1. The molecule has 0 saturated carbocycles. The summed E-state index contributed by atoms with van der Waals surface area (Å²) < 4.78 is 2.02.